The van der Waals surface area contributed by atoms with Gasteiger partial charge in [0.05, 0.1) is 25.2 Å². The minimum atomic E-state index is -0.360. The van der Waals surface area contributed by atoms with Crippen LogP contribution in [0.3, 0.4) is 0 Å². The number of hydrogen-bond acceptors (Lipinski definition) is 4. The molecule has 6 nitrogen and oxygen atoms in total. The van der Waals surface area contributed by atoms with Crippen LogP contribution in [0.25, 0.3) is 0 Å². The molecule has 7 heteroatoms. The lowest BCUT2D eigenvalue weighted by Crippen LogP contribution is -2.39. The van der Waals surface area contributed by atoms with Crippen molar-refractivity contribution in [1.29, 1.82) is 0 Å². The first-order chi connectivity index (χ1) is 12.9. The van der Waals surface area contributed by atoms with Crippen LogP contribution in [0, 0.1) is 11.7 Å². The van der Waals surface area contributed by atoms with Gasteiger partial charge in [0.25, 0.3) is 0 Å². The summed E-state index contributed by atoms with van der Waals surface area (Å²) in [6.45, 7) is 6.53. The monoisotopic (exact) mass is 379 g/mol. The Balaban J connectivity index is 1.81. The highest BCUT2D eigenvalue weighted by Gasteiger charge is 2.22. The van der Waals surface area contributed by atoms with Gasteiger partial charge >= 0.3 is 5.97 Å². The summed E-state index contributed by atoms with van der Waals surface area (Å²) in [5, 5.41) is 6.24. The highest BCUT2D eigenvalue weighted by molar-refractivity contribution is 5.80. The predicted octanol–water partition coefficient (Wildman–Crippen LogP) is 3.18. The lowest BCUT2D eigenvalue weighted by molar-refractivity contribution is -0.147. The molecular weight excluding hydrogens is 349 g/mol. The number of hydrogen-bond donors (Lipinski definition) is 2. The average molecular weight is 379 g/mol. The fourth-order valence-electron chi connectivity index (χ4n) is 2.48. The predicted molar refractivity (Wildman–Crippen MR) is 103 cm³/mol. The van der Waals surface area contributed by atoms with Gasteiger partial charge in [0, 0.05) is 13.6 Å². The Bertz CT molecular complexity index is 660. The number of carbonyl (C=O) groups is 1. The zero-order valence-electron chi connectivity index (χ0n) is 16.5. The maximum absolute atomic E-state index is 14.2. The molecule has 0 amide bonds. The van der Waals surface area contributed by atoms with E-state index in [9.17, 15) is 9.18 Å². The molecule has 2 rings (SSSR count). The van der Waals surface area contributed by atoms with Crippen LogP contribution < -0.4 is 15.4 Å². The molecule has 0 heterocycles. The molecule has 27 heavy (non-hydrogen) atoms. The Morgan fingerprint density at radius 3 is 2.67 bits per heavy atom. The van der Waals surface area contributed by atoms with Crippen molar-refractivity contribution in [1.82, 2.24) is 10.6 Å². The van der Waals surface area contributed by atoms with Crippen LogP contribution in [0.15, 0.2) is 23.2 Å². The number of esters is 1. The first kappa shape index (κ1) is 21.0. The van der Waals surface area contributed by atoms with Crippen molar-refractivity contribution < 1.29 is 18.7 Å². The second kappa shape index (κ2) is 10.1. The molecule has 1 aromatic rings. The van der Waals surface area contributed by atoms with Crippen molar-refractivity contribution >= 4 is 11.9 Å². The first-order valence-corrected chi connectivity index (χ1v) is 9.48. The molecule has 1 aromatic carbocycles. The molecule has 0 radical (unpaired) electrons. The normalized spacial score (nSPS) is 15.4. The zero-order chi connectivity index (χ0) is 19.8. The van der Waals surface area contributed by atoms with Gasteiger partial charge in [-0.3, -0.25) is 9.79 Å². The van der Waals surface area contributed by atoms with Crippen molar-refractivity contribution in [2.45, 2.75) is 52.2 Å². The van der Waals surface area contributed by atoms with E-state index in [0.717, 1.165) is 5.56 Å². The molecule has 1 aliphatic carbocycles. The summed E-state index contributed by atoms with van der Waals surface area (Å²) in [4.78, 5) is 15.7. The van der Waals surface area contributed by atoms with Gasteiger partial charge in [-0.2, -0.15) is 0 Å². The summed E-state index contributed by atoms with van der Waals surface area (Å²) >= 11 is 0. The molecule has 0 bridgehead atoms. The molecular formula is C20H30FN3O3. The van der Waals surface area contributed by atoms with E-state index in [1.807, 2.05) is 26.8 Å². The number of aliphatic imine (C=N–C) groups is 1. The van der Waals surface area contributed by atoms with Crippen molar-refractivity contribution in [3.05, 3.63) is 29.6 Å². The van der Waals surface area contributed by atoms with Gasteiger partial charge in [-0.25, -0.2) is 4.39 Å². The van der Waals surface area contributed by atoms with Gasteiger partial charge in [-0.05, 0) is 57.2 Å². The minimum Gasteiger partial charge on any atom is -0.490 e. The highest BCUT2D eigenvalue weighted by Crippen LogP contribution is 2.30. The highest BCUT2D eigenvalue weighted by atomic mass is 19.1. The number of nitrogens with one attached hydrogen (secondary N) is 2. The third kappa shape index (κ3) is 7.45. The number of guanidine groups is 1. The third-order valence-corrected chi connectivity index (χ3v) is 4.19. The van der Waals surface area contributed by atoms with Crippen molar-refractivity contribution in [2.24, 2.45) is 10.9 Å². The maximum Gasteiger partial charge on any atom is 0.307 e. The minimum absolute atomic E-state index is 0.124. The van der Waals surface area contributed by atoms with Crippen molar-refractivity contribution in [3.8, 4) is 5.75 Å². The number of halogens is 1. The van der Waals surface area contributed by atoms with Gasteiger partial charge in [-0.1, -0.05) is 6.07 Å². The van der Waals surface area contributed by atoms with Crippen molar-refractivity contribution in [2.75, 3.05) is 20.2 Å². The van der Waals surface area contributed by atoms with Gasteiger partial charge in [0.2, 0.25) is 0 Å². The second-order valence-corrected chi connectivity index (χ2v) is 7.10. The quantitative estimate of drug-likeness (QED) is 0.392. The summed E-state index contributed by atoms with van der Waals surface area (Å²) in [7, 11) is 1.64. The summed E-state index contributed by atoms with van der Waals surface area (Å²) in [6.07, 6.45) is 2.46. The van der Waals surface area contributed by atoms with Gasteiger partial charge < -0.3 is 20.1 Å². The molecule has 1 atom stereocenters. The van der Waals surface area contributed by atoms with E-state index in [4.69, 9.17) is 9.47 Å². The molecule has 0 aromatic heterocycles. The lowest BCUT2D eigenvalue weighted by Gasteiger charge is -2.19. The average Bonchev–Trinajstić information content (AvgIpc) is 3.43. The number of nitrogens with zero attached hydrogens (tertiary/aromatic N) is 1. The zero-order valence-corrected chi connectivity index (χ0v) is 16.5. The first-order valence-electron chi connectivity index (χ1n) is 9.48. The van der Waals surface area contributed by atoms with Gasteiger partial charge in [0.1, 0.15) is 0 Å². The van der Waals surface area contributed by atoms with Crippen LogP contribution in [0.2, 0.25) is 0 Å². The Kier molecular flexibility index (Phi) is 7.88. The topological polar surface area (TPSA) is 72.0 Å². The summed E-state index contributed by atoms with van der Waals surface area (Å²) in [6, 6.07) is 4.83. The molecule has 0 aliphatic heterocycles. The van der Waals surface area contributed by atoms with Crippen LogP contribution in [0.5, 0.6) is 5.75 Å². The number of rotatable bonds is 9. The standard InChI is InChI=1S/C20H30FN3O3/c1-13(2)27-19(25)9-10-23-20(22-4)24-14(3)16-7-8-18(17(21)11-16)26-12-15-5-6-15/h7-8,11,13-15H,5-6,9-10,12H2,1-4H3,(H2,22,23,24). The SMILES string of the molecule is CN=C(NCCC(=O)OC(C)C)NC(C)c1ccc(OCC2CC2)c(F)c1. The molecule has 2 N–H and O–H groups in total. The maximum atomic E-state index is 14.2. The Labute approximate surface area is 160 Å². The van der Waals surface area contributed by atoms with E-state index in [1.165, 1.54) is 18.9 Å². The molecule has 1 saturated carbocycles. The van der Waals surface area contributed by atoms with E-state index in [2.05, 4.69) is 15.6 Å². The Hall–Kier alpha value is -2.31. The van der Waals surface area contributed by atoms with Crippen LogP contribution in [0.1, 0.15) is 51.6 Å². The molecule has 1 fully saturated rings. The summed E-state index contributed by atoms with van der Waals surface area (Å²) in [5.41, 5.74) is 0.786. The second-order valence-electron chi connectivity index (χ2n) is 7.10. The largest absolute Gasteiger partial charge is 0.490 e. The van der Waals surface area contributed by atoms with E-state index >= 15 is 0 Å². The van der Waals surface area contributed by atoms with Crippen LogP contribution in [0.4, 0.5) is 4.39 Å². The van der Waals surface area contributed by atoms with Gasteiger partial charge in [-0.15, -0.1) is 0 Å². The molecule has 150 valence electrons. The van der Waals surface area contributed by atoms with Crippen LogP contribution >= 0.6 is 0 Å². The van der Waals surface area contributed by atoms with Crippen LogP contribution in [-0.4, -0.2) is 38.2 Å². The fraction of sp³-hybridized carbons (Fsp3) is 0.600. The summed E-state index contributed by atoms with van der Waals surface area (Å²) in [5.74, 6) is 0.793. The molecule has 1 aliphatic rings. The van der Waals surface area contributed by atoms with Crippen molar-refractivity contribution in [3.63, 3.8) is 0 Å². The lowest BCUT2D eigenvalue weighted by atomic mass is 10.1. The van der Waals surface area contributed by atoms with E-state index < -0.39 is 0 Å². The number of ether oxygens (including phenoxy) is 2. The van der Waals surface area contributed by atoms with Crippen LogP contribution in [-0.2, 0) is 9.53 Å². The van der Waals surface area contributed by atoms with E-state index in [1.54, 1.807) is 13.1 Å². The van der Waals surface area contributed by atoms with E-state index in [-0.39, 0.29) is 30.4 Å². The molecule has 0 saturated heterocycles. The molecule has 0 spiro atoms. The number of benzene rings is 1. The smallest absolute Gasteiger partial charge is 0.307 e. The summed E-state index contributed by atoms with van der Waals surface area (Å²) < 4.78 is 24.9. The van der Waals surface area contributed by atoms with Gasteiger partial charge in [0.15, 0.2) is 17.5 Å². The number of carbonyl (C=O) groups excluding carboxylic acids is 1. The Morgan fingerprint density at radius 1 is 1.33 bits per heavy atom. The fourth-order valence-corrected chi connectivity index (χ4v) is 2.48. The Morgan fingerprint density at radius 2 is 2.07 bits per heavy atom. The third-order valence-electron chi connectivity index (χ3n) is 4.19. The molecule has 1 unspecified atom stereocenters. The van der Waals surface area contributed by atoms with E-state index in [0.29, 0.717) is 30.8 Å².